The highest BCUT2D eigenvalue weighted by Gasteiger charge is 2.19. The molecule has 2 rings (SSSR count). The van der Waals surface area contributed by atoms with E-state index in [1.54, 1.807) is 0 Å². The van der Waals surface area contributed by atoms with Gasteiger partial charge < -0.3 is 5.32 Å². The van der Waals surface area contributed by atoms with Gasteiger partial charge in [-0.05, 0) is 43.6 Å². The van der Waals surface area contributed by atoms with Gasteiger partial charge in [-0.2, -0.15) is 0 Å². The minimum absolute atomic E-state index is 0.139. The van der Waals surface area contributed by atoms with Crippen LogP contribution in [0.1, 0.15) is 41.2 Å². The summed E-state index contributed by atoms with van der Waals surface area (Å²) in [6, 6.07) is 4.28. The first-order chi connectivity index (χ1) is 8.76. The summed E-state index contributed by atoms with van der Waals surface area (Å²) < 4.78 is 4.08. The molecule has 96 valence electrons. The molecular weight excluding hydrogens is 244 g/mol. The predicted molar refractivity (Wildman–Crippen MR) is 73.8 cm³/mol. The molecule has 2 aromatic rings. The predicted octanol–water partition coefficient (Wildman–Crippen LogP) is 2.50. The van der Waals surface area contributed by atoms with Crippen LogP contribution < -0.4 is 5.32 Å². The van der Waals surface area contributed by atoms with Crippen molar-refractivity contribution in [3.05, 3.63) is 40.2 Å². The number of hydrogen-bond acceptors (Lipinski definition) is 5. The smallest absolute Gasteiger partial charge is 0.0807 e. The Balaban J connectivity index is 2.32. The third-order valence-corrected chi connectivity index (χ3v) is 3.72. The van der Waals surface area contributed by atoms with Crippen LogP contribution in [0.5, 0.6) is 0 Å². The van der Waals surface area contributed by atoms with Crippen molar-refractivity contribution in [2.45, 2.75) is 32.7 Å². The molecule has 1 atom stereocenters. The molecule has 0 saturated carbocycles. The average molecular weight is 262 g/mol. The van der Waals surface area contributed by atoms with Gasteiger partial charge in [0, 0.05) is 11.9 Å². The zero-order valence-electron chi connectivity index (χ0n) is 11.0. The number of hydrogen-bond donors (Lipinski definition) is 1. The van der Waals surface area contributed by atoms with Crippen LogP contribution in [0.4, 0.5) is 0 Å². The van der Waals surface area contributed by atoms with Crippen LogP contribution >= 0.6 is 11.5 Å². The average Bonchev–Trinajstić information content (AvgIpc) is 2.82. The molecule has 0 amide bonds. The maximum absolute atomic E-state index is 4.36. The summed E-state index contributed by atoms with van der Waals surface area (Å²) in [6.07, 6.45) is 3.98. The van der Waals surface area contributed by atoms with Crippen molar-refractivity contribution in [1.29, 1.82) is 0 Å². The summed E-state index contributed by atoms with van der Waals surface area (Å²) in [4.78, 5) is 5.56. The second-order valence-corrected chi connectivity index (χ2v) is 5.07. The lowest BCUT2D eigenvalue weighted by Gasteiger charge is -2.15. The van der Waals surface area contributed by atoms with Crippen molar-refractivity contribution in [2.75, 3.05) is 7.05 Å². The Kier molecular flexibility index (Phi) is 4.38. The Morgan fingerprint density at radius 1 is 1.39 bits per heavy atom. The second-order valence-electron chi connectivity index (χ2n) is 4.29. The highest BCUT2D eigenvalue weighted by molar-refractivity contribution is 7.05. The first-order valence-corrected chi connectivity index (χ1v) is 6.94. The van der Waals surface area contributed by atoms with E-state index in [-0.39, 0.29) is 6.04 Å². The fourth-order valence-corrected chi connectivity index (χ4v) is 2.78. The third-order valence-electron chi connectivity index (χ3n) is 2.89. The topological polar surface area (TPSA) is 50.7 Å². The van der Waals surface area contributed by atoms with Crippen molar-refractivity contribution in [2.24, 2.45) is 0 Å². The fraction of sp³-hybridized carbons (Fsp3) is 0.462. The van der Waals surface area contributed by atoms with Gasteiger partial charge in [-0.25, -0.2) is 0 Å². The van der Waals surface area contributed by atoms with Crippen molar-refractivity contribution in [1.82, 2.24) is 19.9 Å². The standard InChI is InChI=1S/C13H18N4S/c1-4-5-11-13(18-17-16-11)12(14-3)10-7-6-9(2)15-8-10/h6-8,12,14H,4-5H2,1-3H3. The molecule has 0 bridgehead atoms. The largest absolute Gasteiger partial charge is 0.309 e. The Labute approximate surface area is 112 Å². The van der Waals surface area contributed by atoms with Crippen molar-refractivity contribution in [3.63, 3.8) is 0 Å². The van der Waals surface area contributed by atoms with Crippen molar-refractivity contribution >= 4 is 11.5 Å². The van der Waals surface area contributed by atoms with E-state index in [2.05, 4.69) is 32.9 Å². The second kappa shape index (κ2) is 6.02. The molecule has 1 unspecified atom stereocenters. The van der Waals surface area contributed by atoms with Crippen LogP contribution in [-0.4, -0.2) is 21.6 Å². The highest BCUT2D eigenvalue weighted by Crippen LogP contribution is 2.27. The summed E-state index contributed by atoms with van der Waals surface area (Å²) in [5, 5.41) is 7.56. The molecule has 0 fully saturated rings. The van der Waals surface area contributed by atoms with E-state index in [1.165, 1.54) is 16.4 Å². The van der Waals surface area contributed by atoms with Gasteiger partial charge in [0.05, 0.1) is 16.6 Å². The highest BCUT2D eigenvalue weighted by atomic mass is 32.1. The van der Waals surface area contributed by atoms with Crippen LogP contribution in [0.15, 0.2) is 18.3 Å². The molecule has 1 N–H and O–H groups in total. The first kappa shape index (κ1) is 13.1. The number of aromatic nitrogens is 3. The van der Waals surface area contributed by atoms with E-state index >= 15 is 0 Å². The molecule has 0 spiro atoms. The Hall–Kier alpha value is -1.33. The van der Waals surface area contributed by atoms with Gasteiger partial charge >= 0.3 is 0 Å². The quantitative estimate of drug-likeness (QED) is 0.899. The van der Waals surface area contributed by atoms with E-state index in [4.69, 9.17) is 0 Å². The van der Waals surface area contributed by atoms with Gasteiger partial charge in [-0.3, -0.25) is 4.98 Å². The lowest BCUT2D eigenvalue weighted by Crippen LogP contribution is -2.18. The molecule has 5 heteroatoms. The lowest BCUT2D eigenvalue weighted by molar-refractivity contribution is 0.685. The SMILES string of the molecule is CCCc1nnsc1C(NC)c1ccc(C)nc1. The van der Waals surface area contributed by atoms with Crippen LogP contribution in [0.2, 0.25) is 0 Å². The van der Waals surface area contributed by atoms with Crippen LogP contribution in [0.25, 0.3) is 0 Å². The monoisotopic (exact) mass is 262 g/mol. The van der Waals surface area contributed by atoms with Crippen molar-refractivity contribution in [3.8, 4) is 0 Å². The fourth-order valence-electron chi connectivity index (χ4n) is 1.94. The molecule has 0 radical (unpaired) electrons. The third kappa shape index (κ3) is 2.73. The van der Waals surface area contributed by atoms with Gasteiger partial charge in [0.1, 0.15) is 0 Å². The van der Waals surface area contributed by atoms with Gasteiger partial charge in [-0.15, -0.1) is 5.10 Å². The normalized spacial score (nSPS) is 12.6. The number of nitrogens with zero attached hydrogens (tertiary/aromatic N) is 3. The van der Waals surface area contributed by atoms with E-state index in [0.29, 0.717) is 0 Å². The van der Waals surface area contributed by atoms with E-state index in [1.807, 2.05) is 26.2 Å². The zero-order valence-corrected chi connectivity index (χ0v) is 11.8. The summed E-state index contributed by atoms with van der Waals surface area (Å²) >= 11 is 1.47. The van der Waals surface area contributed by atoms with E-state index in [9.17, 15) is 0 Å². The molecule has 18 heavy (non-hydrogen) atoms. The van der Waals surface area contributed by atoms with Crippen LogP contribution in [0, 0.1) is 6.92 Å². The van der Waals surface area contributed by atoms with Gasteiger partial charge in [-0.1, -0.05) is 23.9 Å². The maximum atomic E-state index is 4.36. The molecule has 4 nitrogen and oxygen atoms in total. The summed E-state index contributed by atoms with van der Waals surface area (Å²) in [5.41, 5.74) is 3.29. The lowest BCUT2D eigenvalue weighted by atomic mass is 10.0. The van der Waals surface area contributed by atoms with E-state index < -0.39 is 0 Å². The van der Waals surface area contributed by atoms with Gasteiger partial charge in [0.2, 0.25) is 0 Å². The molecule has 0 aliphatic rings. The van der Waals surface area contributed by atoms with Crippen LogP contribution in [-0.2, 0) is 6.42 Å². The minimum Gasteiger partial charge on any atom is -0.309 e. The Bertz CT molecular complexity index is 492. The number of pyridine rings is 1. The Morgan fingerprint density at radius 2 is 2.22 bits per heavy atom. The zero-order chi connectivity index (χ0) is 13.0. The number of aryl methyl sites for hydroxylation is 2. The first-order valence-electron chi connectivity index (χ1n) is 6.17. The minimum atomic E-state index is 0.139. The van der Waals surface area contributed by atoms with Crippen LogP contribution in [0.3, 0.4) is 0 Å². The molecule has 0 aliphatic heterocycles. The van der Waals surface area contributed by atoms with Crippen molar-refractivity contribution < 1.29 is 0 Å². The molecule has 0 aliphatic carbocycles. The number of rotatable bonds is 5. The summed E-state index contributed by atoms with van der Waals surface area (Å²) in [6.45, 7) is 4.15. The van der Waals surface area contributed by atoms with Gasteiger partial charge in [0.15, 0.2) is 0 Å². The van der Waals surface area contributed by atoms with E-state index in [0.717, 1.165) is 29.8 Å². The molecule has 0 saturated heterocycles. The number of nitrogens with one attached hydrogen (secondary N) is 1. The molecule has 0 aromatic carbocycles. The molecular formula is C13H18N4S. The Morgan fingerprint density at radius 3 is 2.83 bits per heavy atom. The summed E-state index contributed by atoms with van der Waals surface area (Å²) in [7, 11) is 1.96. The molecule has 2 heterocycles. The molecule has 2 aromatic heterocycles. The van der Waals surface area contributed by atoms with Gasteiger partial charge in [0.25, 0.3) is 0 Å². The summed E-state index contributed by atoms with van der Waals surface area (Å²) in [5.74, 6) is 0. The maximum Gasteiger partial charge on any atom is 0.0807 e.